The summed E-state index contributed by atoms with van der Waals surface area (Å²) in [4.78, 5) is 0. The van der Waals surface area contributed by atoms with Gasteiger partial charge in [0.1, 0.15) is 5.82 Å². The number of nitrogens with two attached hydrogens (primary N) is 3. The third-order valence-electron chi connectivity index (χ3n) is 2.96. The summed E-state index contributed by atoms with van der Waals surface area (Å²) in [5, 5.41) is 4.25. The van der Waals surface area contributed by atoms with Crippen molar-refractivity contribution in [1.82, 2.24) is 9.78 Å². The Morgan fingerprint density at radius 3 is 2.43 bits per heavy atom. The van der Waals surface area contributed by atoms with E-state index >= 15 is 0 Å². The molecule has 5 nitrogen and oxygen atoms in total. The number of nitrogen functional groups attached to an aromatic ring is 2. The molecule has 0 aromatic carbocycles. The van der Waals surface area contributed by atoms with Crippen LogP contribution in [0.1, 0.15) is 37.3 Å². The van der Waals surface area contributed by atoms with E-state index in [1.165, 1.54) is 12.8 Å². The molecule has 1 fully saturated rings. The van der Waals surface area contributed by atoms with Gasteiger partial charge in [-0.25, -0.2) is 4.68 Å². The van der Waals surface area contributed by atoms with E-state index in [4.69, 9.17) is 17.2 Å². The molecular weight excluding hydrogens is 178 g/mol. The normalized spacial score (nSPS) is 17.8. The van der Waals surface area contributed by atoms with Crippen LogP contribution in [0.5, 0.6) is 0 Å². The number of nitrogens with zero attached hydrogens (tertiary/aromatic N) is 2. The minimum absolute atomic E-state index is 0.365. The largest absolute Gasteiger partial charge is 0.384 e. The van der Waals surface area contributed by atoms with Gasteiger partial charge in [-0.2, -0.15) is 5.10 Å². The molecule has 0 bridgehead atoms. The summed E-state index contributed by atoms with van der Waals surface area (Å²) < 4.78 is 1.85. The van der Waals surface area contributed by atoms with E-state index < -0.39 is 0 Å². The Kier molecular flexibility index (Phi) is 2.33. The first kappa shape index (κ1) is 9.33. The second kappa shape index (κ2) is 3.49. The predicted molar refractivity (Wildman–Crippen MR) is 56.4 cm³/mol. The zero-order valence-corrected chi connectivity index (χ0v) is 8.24. The van der Waals surface area contributed by atoms with Gasteiger partial charge in [0.15, 0.2) is 5.82 Å². The summed E-state index contributed by atoms with van der Waals surface area (Å²) in [7, 11) is 0. The van der Waals surface area contributed by atoms with E-state index in [-0.39, 0.29) is 0 Å². The molecule has 1 saturated carbocycles. The Balaban J connectivity index is 2.33. The number of aromatic nitrogens is 2. The fourth-order valence-corrected chi connectivity index (χ4v) is 2.14. The maximum absolute atomic E-state index is 5.93. The van der Waals surface area contributed by atoms with Crippen LogP contribution in [0, 0.1) is 0 Å². The zero-order chi connectivity index (χ0) is 10.1. The molecule has 1 aromatic heterocycles. The van der Waals surface area contributed by atoms with Crippen LogP contribution in [0.4, 0.5) is 11.6 Å². The Bertz CT molecular complexity index is 324. The first-order valence-electron chi connectivity index (χ1n) is 5.06. The molecular formula is C9H17N5. The fourth-order valence-electron chi connectivity index (χ4n) is 2.14. The molecule has 0 unspecified atom stereocenters. The highest BCUT2D eigenvalue weighted by molar-refractivity contribution is 5.54. The van der Waals surface area contributed by atoms with E-state index in [0.717, 1.165) is 18.4 Å². The van der Waals surface area contributed by atoms with Crippen molar-refractivity contribution in [1.29, 1.82) is 0 Å². The van der Waals surface area contributed by atoms with Crippen molar-refractivity contribution >= 4 is 11.6 Å². The Labute approximate surface area is 83.2 Å². The van der Waals surface area contributed by atoms with Crippen molar-refractivity contribution in [2.24, 2.45) is 5.73 Å². The van der Waals surface area contributed by atoms with Crippen molar-refractivity contribution < 1.29 is 0 Å². The van der Waals surface area contributed by atoms with Gasteiger partial charge in [-0.05, 0) is 12.8 Å². The standard InChI is InChI=1S/C9H17N5/c10-5-7-8(11)13-14(9(7)12)6-3-1-2-4-6/h6H,1-5,10,12H2,(H2,11,13). The van der Waals surface area contributed by atoms with Gasteiger partial charge in [-0.15, -0.1) is 0 Å². The third-order valence-corrected chi connectivity index (χ3v) is 2.96. The Morgan fingerprint density at radius 2 is 1.93 bits per heavy atom. The van der Waals surface area contributed by atoms with Gasteiger partial charge in [0.05, 0.1) is 11.6 Å². The van der Waals surface area contributed by atoms with Crippen LogP contribution in [0.15, 0.2) is 0 Å². The van der Waals surface area contributed by atoms with Gasteiger partial charge in [-0.1, -0.05) is 12.8 Å². The molecule has 2 rings (SSSR count). The highest BCUT2D eigenvalue weighted by Crippen LogP contribution is 2.33. The quantitative estimate of drug-likeness (QED) is 0.644. The highest BCUT2D eigenvalue weighted by Gasteiger charge is 2.22. The maximum Gasteiger partial charge on any atom is 0.152 e. The van der Waals surface area contributed by atoms with Crippen LogP contribution >= 0.6 is 0 Å². The molecule has 0 aliphatic heterocycles. The number of hydrogen-bond acceptors (Lipinski definition) is 4. The zero-order valence-electron chi connectivity index (χ0n) is 8.24. The first-order chi connectivity index (χ1) is 6.74. The molecule has 0 radical (unpaired) electrons. The number of rotatable bonds is 2. The molecule has 1 aliphatic rings. The molecule has 14 heavy (non-hydrogen) atoms. The molecule has 0 spiro atoms. The highest BCUT2D eigenvalue weighted by atomic mass is 15.3. The molecule has 5 heteroatoms. The molecule has 0 atom stereocenters. The van der Waals surface area contributed by atoms with Crippen LogP contribution < -0.4 is 17.2 Å². The first-order valence-corrected chi connectivity index (χ1v) is 5.06. The van der Waals surface area contributed by atoms with E-state index in [0.29, 0.717) is 24.2 Å². The number of hydrogen-bond donors (Lipinski definition) is 3. The molecule has 0 amide bonds. The van der Waals surface area contributed by atoms with E-state index in [9.17, 15) is 0 Å². The lowest BCUT2D eigenvalue weighted by molar-refractivity contribution is 0.475. The third kappa shape index (κ3) is 1.33. The average molecular weight is 195 g/mol. The lowest BCUT2D eigenvalue weighted by Crippen LogP contribution is -2.11. The minimum Gasteiger partial charge on any atom is -0.384 e. The molecule has 78 valence electrons. The summed E-state index contributed by atoms with van der Waals surface area (Å²) in [6.45, 7) is 0.365. The van der Waals surface area contributed by atoms with E-state index in [2.05, 4.69) is 5.10 Å². The SMILES string of the molecule is NCc1c(N)nn(C2CCCC2)c1N. The summed E-state index contributed by atoms with van der Waals surface area (Å²) in [6.07, 6.45) is 4.80. The van der Waals surface area contributed by atoms with Crippen molar-refractivity contribution in [3.8, 4) is 0 Å². The summed E-state index contributed by atoms with van der Waals surface area (Å²) in [5.74, 6) is 1.13. The van der Waals surface area contributed by atoms with Crippen LogP contribution in [-0.4, -0.2) is 9.78 Å². The second-order valence-corrected chi connectivity index (χ2v) is 3.84. The second-order valence-electron chi connectivity index (χ2n) is 3.84. The van der Waals surface area contributed by atoms with Crippen LogP contribution in [0.3, 0.4) is 0 Å². The summed E-state index contributed by atoms with van der Waals surface area (Å²) in [5.41, 5.74) is 18.0. The van der Waals surface area contributed by atoms with Gasteiger partial charge in [-0.3, -0.25) is 0 Å². The molecule has 1 aromatic rings. The van der Waals surface area contributed by atoms with Crippen molar-refractivity contribution in [3.63, 3.8) is 0 Å². The van der Waals surface area contributed by atoms with Crippen molar-refractivity contribution in [2.75, 3.05) is 11.5 Å². The van der Waals surface area contributed by atoms with Crippen molar-refractivity contribution in [3.05, 3.63) is 5.56 Å². The molecule has 1 heterocycles. The van der Waals surface area contributed by atoms with Gasteiger partial charge >= 0.3 is 0 Å². The topological polar surface area (TPSA) is 95.9 Å². The lowest BCUT2D eigenvalue weighted by atomic mass is 10.2. The fraction of sp³-hybridized carbons (Fsp3) is 0.667. The number of anilines is 2. The molecule has 0 saturated heterocycles. The van der Waals surface area contributed by atoms with E-state index in [1.807, 2.05) is 4.68 Å². The van der Waals surface area contributed by atoms with Gasteiger partial charge in [0.2, 0.25) is 0 Å². The van der Waals surface area contributed by atoms with E-state index in [1.54, 1.807) is 0 Å². The Hall–Kier alpha value is -1.23. The molecule has 6 N–H and O–H groups in total. The summed E-state index contributed by atoms with van der Waals surface area (Å²) in [6, 6.07) is 0.428. The monoisotopic (exact) mass is 195 g/mol. The lowest BCUT2D eigenvalue weighted by Gasteiger charge is -2.11. The summed E-state index contributed by atoms with van der Waals surface area (Å²) >= 11 is 0. The predicted octanol–water partition coefficient (Wildman–Crippen LogP) is 0.621. The van der Waals surface area contributed by atoms with Gasteiger partial charge < -0.3 is 17.2 Å². The van der Waals surface area contributed by atoms with Crippen LogP contribution in [0.25, 0.3) is 0 Å². The smallest absolute Gasteiger partial charge is 0.152 e. The molecule has 1 aliphatic carbocycles. The van der Waals surface area contributed by atoms with Gasteiger partial charge in [0.25, 0.3) is 0 Å². The Morgan fingerprint density at radius 1 is 1.29 bits per heavy atom. The van der Waals surface area contributed by atoms with Gasteiger partial charge in [0, 0.05) is 6.54 Å². The van der Waals surface area contributed by atoms with Crippen molar-refractivity contribution in [2.45, 2.75) is 38.3 Å². The average Bonchev–Trinajstić information content (AvgIpc) is 2.74. The maximum atomic E-state index is 5.93. The van der Waals surface area contributed by atoms with Crippen LogP contribution in [-0.2, 0) is 6.54 Å². The van der Waals surface area contributed by atoms with Crippen LogP contribution in [0.2, 0.25) is 0 Å². The minimum atomic E-state index is 0.365.